The first-order chi connectivity index (χ1) is 12.2. The maximum atomic E-state index is 12.4. The highest BCUT2D eigenvalue weighted by molar-refractivity contribution is 5.91. The molecule has 1 saturated heterocycles. The monoisotopic (exact) mass is 339 g/mol. The number of nitrogens with one attached hydrogen (secondary N) is 2. The van der Waals surface area contributed by atoms with E-state index in [1.165, 1.54) is 0 Å². The van der Waals surface area contributed by atoms with Gasteiger partial charge in [0, 0.05) is 7.05 Å². The Morgan fingerprint density at radius 1 is 1.32 bits per heavy atom. The van der Waals surface area contributed by atoms with E-state index in [0.717, 1.165) is 42.8 Å². The van der Waals surface area contributed by atoms with E-state index in [0.29, 0.717) is 18.3 Å². The number of para-hydroxylation sites is 2. The molecule has 0 aliphatic carbocycles. The SMILES string of the molecule is Cn1c(CNC(=O)c2cn(C3CCNCC3)nn2)nc2ccccc21. The number of benzene rings is 1. The van der Waals surface area contributed by atoms with Crippen molar-refractivity contribution < 1.29 is 4.79 Å². The number of rotatable bonds is 4. The normalized spacial score (nSPS) is 15.6. The van der Waals surface area contributed by atoms with E-state index in [4.69, 9.17) is 0 Å². The van der Waals surface area contributed by atoms with Crippen molar-refractivity contribution in [2.45, 2.75) is 25.4 Å². The predicted octanol–water partition coefficient (Wildman–Crippen LogP) is 1.02. The molecule has 3 heterocycles. The van der Waals surface area contributed by atoms with Crippen LogP contribution < -0.4 is 10.6 Å². The zero-order valence-corrected chi connectivity index (χ0v) is 14.1. The van der Waals surface area contributed by atoms with Crippen LogP contribution in [0.2, 0.25) is 0 Å². The standard InChI is InChI=1S/C17H21N7O/c1-23-15-5-3-2-4-13(15)20-16(23)10-19-17(25)14-11-24(22-21-14)12-6-8-18-9-7-12/h2-5,11-12,18H,6-10H2,1H3,(H,19,25). The number of aryl methyl sites for hydroxylation is 1. The van der Waals surface area contributed by atoms with E-state index in [1.807, 2.05) is 40.6 Å². The van der Waals surface area contributed by atoms with Crippen LogP contribution in [0.15, 0.2) is 30.5 Å². The third-order valence-electron chi connectivity index (χ3n) is 4.71. The smallest absolute Gasteiger partial charge is 0.273 e. The number of hydrogen-bond donors (Lipinski definition) is 2. The average Bonchev–Trinajstić information content (AvgIpc) is 3.26. The molecule has 2 N–H and O–H groups in total. The Labute approximate surface area is 145 Å². The molecule has 1 aliphatic rings. The second-order valence-corrected chi connectivity index (χ2v) is 6.32. The number of carbonyl (C=O) groups excluding carboxylic acids is 1. The second-order valence-electron chi connectivity index (χ2n) is 6.32. The van der Waals surface area contributed by atoms with Crippen molar-refractivity contribution in [2.75, 3.05) is 13.1 Å². The molecule has 4 rings (SSSR count). The minimum absolute atomic E-state index is 0.229. The van der Waals surface area contributed by atoms with Gasteiger partial charge in [0.15, 0.2) is 5.69 Å². The summed E-state index contributed by atoms with van der Waals surface area (Å²) in [7, 11) is 1.95. The maximum absolute atomic E-state index is 12.4. The van der Waals surface area contributed by atoms with Gasteiger partial charge in [-0.15, -0.1) is 5.10 Å². The Balaban J connectivity index is 1.43. The molecule has 25 heavy (non-hydrogen) atoms. The number of piperidine rings is 1. The number of imidazole rings is 1. The third-order valence-corrected chi connectivity index (χ3v) is 4.71. The van der Waals surface area contributed by atoms with Crippen LogP contribution in [0.1, 0.15) is 35.2 Å². The van der Waals surface area contributed by atoms with Gasteiger partial charge in [-0.1, -0.05) is 17.3 Å². The van der Waals surface area contributed by atoms with Crippen molar-refractivity contribution in [3.63, 3.8) is 0 Å². The van der Waals surface area contributed by atoms with E-state index >= 15 is 0 Å². The molecule has 130 valence electrons. The van der Waals surface area contributed by atoms with Crippen LogP contribution >= 0.6 is 0 Å². The topological polar surface area (TPSA) is 89.7 Å². The summed E-state index contributed by atoms with van der Waals surface area (Å²) in [6.07, 6.45) is 3.74. The van der Waals surface area contributed by atoms with Crippen molar-refractivity contribution in [1.82, 2.24) is 35.2 Å². The lowest BCUT2D eigenvalue weighted by Crippen LogP contribution is -2.29. The Morgan fingerprint density at radius 2 is 2.12 bits per heavy atom. The molecule has 1 aromatic carbocycles. The summed E-state index contributed by atoms with van der Waals surface area (Å²) < 4.78 is 3.80. The van der Waals surface area contributed by atoms with Gasteiger partial charge in [0.25, 0.3) is 5.91 Å². The Kier molecular flexibility index (Phi) is 4.19. The number of hydrogen-bond acceptors (Lipinski definition) is 5. The van der Waals surface area contributed by atoms with Gasteiger partial charge in [-0.3, -0.25) is 4.79 Å². The van der Waals surface area contributed by atoms with Crippen molar-refractivity contribution in [2.24, 2.45) is 7.05 Å². The zero-order chi connectivity index (χ0) is 17.2. The van der Waals surface area contributed by atoms with Crippen LogP contribution in [-0.4, -0.2) is 43.5 Å². The lowest BCUT2D eigenvalue weighted by atomic mass is 10.1. The first kappa shape index (κ1) is 15.8. The van der Waals surface area contributed by atoms with Crippen molar-refractivity contribution in [3.8, 4) is 0 Å². The molecule has 2 aromatic heterocycles. The van der Waals surface area contributed by atoms with E-state index in [-0.39, 0.29) is 5.91 Å². The highest BCUT2D eigenvalue weighted by Gasteiger charge is 2.19. The fraction of sp³-hybridized carbons (Fsp3) is 0.412. The van der Waals surface area contributed by atoms with Gasteiger partial charge in [0.05, 0.1) is 29.8 Å². The van der Waals surface area contributed by atoms with Gasteiger partial charge in [-0.2, -0.15) is 0 Å². The molecule has 8 nitrogen and oxygen atoms in total. The molecule has 0 bridgehead atoms. The summed E-state index contributed by atoms with van der Waals surface area (Å²) in [5, 5.41) is 14.3. The van der Waals surface area contributed by atoms with Crippen LogP contribution in [0, 0.1) is 0 Å². The summed E-state index contributed by atoms with van der Waals surface area (Å²) in [4.78, 5) is 16.9. The van der Waals surface area contributed by atoms with Crippen LogP contribution in [0.25, 0.3) is 11.0 Å². The fourth-order valence-corrected chi connectivity index (χ4v) is 3.23. The molecule has 8 heteroatoms. The Hall–Kier alpha value is -2.74. The van der Waals surface area contributed by atoms with Crippen molar-refractivity contribution in [3.05, 3.63) is 42.0 Å². The van der Waals surface area contributed by atoms with Gasteiger partial charge >= 0.3 is 0 Å². The fourth-order valence-electron chi connectivity index (χ4n) is 3.23. The van der Waals surface area contributed by atoms with E-state index in [2.05, 4.69) is 25.9 Å². The maximum Gasteiger partial charge on any atom is 0.273 e. The molecule has 1 amide bonds. The Morgan fingerprint density at radius 3 is 2.92 bits per heavy atom. The molecule has 0 saturated carbocycles. The zero-order valence-electron chi connectivity index (χ0n) is 14.1. The number of aromatic nitrogens is 5. The minimum Gasteiger partial charge on any atom is -0.343 e. The molecule has 0 unspecified atom stereocenters. The minimum atomic E-state index is -0.229. The first-order valence-corrected chi connectivity index (χ1v) is 8.53. The number of nitrogens with zero attached hydrogens (tertiary/aromatic N) is 5. The summed E-state index contributed by atoms with van der Waals surface area (Å²) in [6, 6.07) is 8.22. The summed E-state index contributed by atoms with van der Waals surface area (Å²) in [6.45, 7) is 2.29. The highest BCUT2D eigenvalue weighted by Crippen LogP contribution is 2.17. The highest BCUT2D eigenvalue weighted by atomic mass is 16.2. The van der Waals surface area contributed by atoms with Crippen LogP contribution in [-0.2, 0) is 13.6 Å². The quantitative estimate of drug-likeness (QED) is 0.741. The Bertz CT molecular complexity index is 891. The predicted molar refractivity (Wildman–Crippen MR) is 93.0 cm³/mol. The second kappa shape index (κ2) is 6.64. The first-order valence-electron chi connectivity index (χ1n) is 8.53. The van der Waals surface area contributed by atoms with E-state index in [9.17, 15) is 4.79 Å². The van der Waals surface area contributed by atoms with Gasteiger partial charge in [-0.25, -0.2) is 9.67 Å². The summed E-state index contributed by atoms with van der Waals surface area (Å²) in [5.41, 5.74) is 2.31. The van der Waals surface area contributed by atoms with Gasteiger partial charge in [-0.05, 0) is 38.1 Å². The van der Waals surface area contributed by atoms with Gasteiger partial charge < -0.3 is 15.2 Å². The molecular weight excluding hydrogens is 318 g/mol. The number of amides is 1. The summed E-state index contributed by atoms with van der Waals surface area (Å²) >= 11 is 0. The lowest BCUT2D eigenvalue weighted by molar-refractivity contribution is 0.0944. The van der Waals surface area contributed by atoms with Crippen LogP contribution in [0.3, 0.4) is 0 Å². The van der Waals surface area contributed by atoms with Crippen molar-refractivity contribution in [1.29, 1.82) is 0 Å². The van der Waals surface area contributed by atoms with Gasteiger partial charge in [0.2, 0.25) is 0 Å². The molecular formula is C17H21N7O. The molecule has 0 spiro atoms. The molecule has 1 fully saturated rings. The van der Waals surface area contributed by atoms with Crippen molar-refractivity contribution >= 4 is 16.9 Å². The van der Waals surface area contributed by atoms with Crippen LogP contribution in [0.5, 0.6) is 0 Å². The molecule has 3 aromatic rings. The van der Waals surface area contributed by atoms with E-state index < -0.39 is 0 Å². The van der Waals surface area contributed by atoms with E-state index in [1.54, 1.807) is 6.20 Å². The van der Waals surface area contributed by atoms with Crippen LogP contribution in [0.4, 0.5) is 0 Å². The molecule has 1 aliphatic heterocycles. The number of carbonyl (C=O) groups is 1. The average molecular weight is 339 g/mol. The van der Waals surface area contributed by atoms with Gasteiger partial charge in [0.1, 0.15) is 5.82 Å². The number of fused-ring (bicyclic) bond motifs is 1. The largest absolute Gasteiger partial charge is 0.343 e. The molecule has 0 atom stereocenters. The summed E-state index contributed by atoms with van der Waals surface area (Å²) in [5.74, 6) is 0.576. The third kappa shape index (κ3) is 3.12. The lowest BCUT2D eigenvalue weighted by Gasteiger charge is -2.22. The molecule has 0 radical (unpaired) electrons.